The molecular weight excluding hydrogens is 248 g/mol. The molecule has 0 aliphatic heterocycles. The molecule has 0 saturated carbocycles. The lowest BCUT2D eigenvalue weighted by molar-refractivity contribution is -0.385. The van der Waals surface area contributed by atoms with Gasteiger partial charge in [-0.25, -0.2) is 0 Å². The van der Waals surface area contributed by atoms with Crippen molar-refractivity contribution in [1.82, 2.24) is 0 Å². The monoisotopic (exact) mass is 262 g/mol. The number of thiophene rings is 1. The zero-order chi connectivity index (χ0) is 13.1. The van der Waals surface area contributed by atoms with Gasteiger partial charge in [0.25, 0.3) is 5.69 Å². The highest BCUT2D eigenvalue weighted by molar-refractivity contribution is 7.11. The van der Waals surface area contributed by atoms with Crippen LogP contribution in [0.4, 0.5) is 11.4 Å². The Morgan fingerprint density at radius 2 is 2.06 bits per heavy atom. The third-order valence-corrected chi connectivity index (χ3v) is 3.75. The first-order chi connectivity index (χ1) is 8.58. The fraction of sp³-hybridized carbons (Fsp3) is 0.231. The van der Waals surface area contributed by atoms with Gasteiger partial charge in [-0.2, -0.15) is 0 Å². The molecule has 0 amide bonds. The second kappa shape index (κ2) is 5.18. The Hall–Kier alpha value is -1.88. The lowest BCUT2D eigenvalue weighted by Gasteiger charge is -2.08. The van der Waals surface area contributed by atoms with Gasteiger partial charge in [-0.1, -0.05) is 6.07 Å². The van der Waals surface area contributed by atoms with Crippen LogP contribution in [0.15, 0.2) is 30.3 Å². The molecule has 0 aliphatic rings. The van der Waals surface area contributed by atoms with Gasteiger partial charge in [0.05, 0.1) is 4.92 Å². The number of nitrogens with zero attached hydrogens (tertiary/aromatic N) is 1. The quantitative estimate of drug-likeness (QED) is 0.672. The number of aryl methyl sites for hydroxylation is 1. The minimum atomic E-state index is -0.351. The first kappa shape index (κ1) is 12.6. The van der Waals surface area contributed by atoms with Crippen molar-refractivity contribution in [3.05, 3.63) is 55.8 Å². The molecule has 1 N–H and O–H groups in total. The summed E-state index contributed by atoms with van der Waals surface area (Å²) < 4.78 is 0. The van der Waals surface area contributed by atoms with E-state index in [0.717, 1.165) is 5.69 Å². The fourth-order valence-corrected chi connectivity index (χ4v) is 2.61. The zero-order valence-corrected chi connectivity index (χ0v) is 11.1. The minimum Gasteiger partial charge on any atom is -0.380 e. The smallest absolute Gasteiger partial charge is 0.274 e. The van der Waals surface area contributed by atoms with Gasteiger partial charge in [-0.15, -0.1) is 11.3 Å². The SMILES string of the molecule is Cc1ccc(CNc2cccc([N+](=O)[O-])c2C)s1. The van der Waals surface area contributed by atoms with Crippen molar-refractivity contribution in [3.63, 3.8) is 0 Å². The number of benzene rings is 1. The number of rotatable bonds is 4. The molecule has 94 valence electrons. The Labute approximate surface area is 109 Å². The summed E-state index contributed by atoms with van der Waals surface area (Å²) in [6.07, 6.45) is 0. The van der Waals surface area contributed by atoms with Crippen LogP contribution in [0.1, 0.15) is 15.3 Å². The Morgan fingerprint density at radius 1 is 1.28 bits per heavy atom. The van der Waals surface area contributed by atoms with E-state index in [0.29, 0.717) is 12.1 Å². The third kappa shape index (κ3) is 2.68. The molecule has 0 bridgehead atoms. The fourth-order valence-electron chi connectivity index (χ4n) is 1.78. The summed E-state index contributed by atoms with van der Waals surface area (Å²) in [6.45, 7) is 4.52. The minimum absolute atomic E-state index is 0.155. The van der Waals surface area contributed by atoms with Crippen LogP contribution in [0.2, 0.25) is 0 Å². The largest absolute Gasteiger partial charge is 0.380 e. The lowest BCUT2D eigenvalue weighted by atomic mass is 10.1. The van der Waals surface area contributed by atoms with E-state index in [4.69, 9.17) is 0 Å². The van der Waals surface area contributed by atoms with Crippen LogP contribution in [-0.2, 0) is 6.54 Å². The molecule has 1 aromatic carbocycles. The molecule has 2 aromatic rings. The second-order valence-electron chi connectivity index (χ2n) is 4.07. The Balaban J connectivity index is 2.14. The molecular formula is C13H14N2O2S. The molecule has 0 radical (unpaired) electrons. The Morgan fingerprint density at radius 3 is 2.67 bits per heavy atom. The normalized spacial score (nSPS) is 10.3. The van der Waals surface area contributed by atoms with E-state index in [1.165, 1.54) is 15.8 Å². The predicted octanol–water partition coefficient (Wildman–Crippen LogP) is 3.89. The molecule has 0 atom stereocenters. The summed E-state index contributed by atoms with van der Waals surface area (Å²) in [5.74, 6) is 0. The summed E-state index contributed by atoms with van der Waals surface area (Å²) >= 11 is 1.73. The number of nitrogens with one attached hydrogen (secondary N) is 1. The molecule has 1 heterocycles. The van der Waals surface area contributed by atoms with Gasteiger partial charge in [0.15, 0.2) is 0 Å². The lowest BCUT2D eigenvalue weighted by Crippen LogP contribution is -2.01. The van der Waals surface area contributed by atoms with Gasteiger partial charge in [-0.05, 0) is 32.0 Å². The average molecular weight is 262 g/mol. The van der Waals surface area contributed by atoms with E-state index < -0.39 is 0 Å². The summed E-state index contributed by atoms with van der Waals surface area (Å²) in [7, 11) is 0. The maximum absolute atomic E-state index is 10.8. The van der Waals surface area contributed by atoms with Gasteiger partial charge in [-0.3, -0.25) is 10.1 Å². The first-order valence-electron chi connectivity index (χ1n) is 5.61. The van der Waals surface area contributed by atoms with Crippen LogP contribution in [-0.4, -0.2) is 4.92 Å². The van der Waals surface area contributed by atoms with Gasteiger partial charge in [0.2, 0.25) is 0 Å². The molecule has 5 heteroatoms. The van der Waals surface area contributed by atoms with Gasteiger partial charge < -0.3 is 5.32 Å². The van der Waals surface area contributed by atoms with E-state index in [1.807, 2.05) is 6.07 Å². The van der Waals surface area contributed by atoms with E-state index in [1.54, 1.807) is 24.3 Å². The highest BCUT2D eigenvalue weighted by Gasteiger charge is 2.12. The molecule has 0 aliphatic carbocycles. The van der Waals surface area contributed by atoms with Crippen molar-refractivity contribution in [3.8, 4) is 0 Å². The molecule has 4 nitrogen and oxygen atoms in total. The summed E-state index contributed by atoms with van der Waals surface area (Å²) in [6, 6.07) is 9.23. The summed E-state index contributed by atoms with van der Waals surface area (Å²) in [5.41, 5.74) is 1.65. The number of anilines is 1. The van der Waals surface area contributed by atoms with E-state index in [-0.39, 0.29) is 10.6 Å². The van der Waals surface area contributed by atoms with Gasteiger partial charge in [0.1, 0.15) is 0 Å². The Bertz CT molecular complexity index is 578. The number of nitro groups is 1. The molecule has 0 fully saturated rings. The summed E-state index contributed by atoms with van der Waals surface area (Å²) in [4.78, 5) is 13.0. The van der Waals surface area contributed by atoms with Crippen molar-refractivity contribution in [2.24, 2.45) is 0 Å². The van der Waals surface area contributed by atoms with Gasteiger partial charge in [0, 0.05) is 33.6 Å². The van der Waals surface area contributed by atoms with E-state index in [9.17, 15) is 10.1 Å². The van der Waals surface area contributed by atoms with Gasteiger partial charge >= 0.3 is 0 Å². The van der Waals surface area contributed by atoms with Crippen molar-refractivity contribution >= 4 is 22.7 Å². The van der Waals surface area contributed by atoms with Crippen LogP contribution in [0, 0.1) is 24.0 Å². The van der Waals surface area contributed by atoms with Crippen LogP contribution in [0.3, 0.4) is 0 Å². The second-order valence-corrected chi connectivity index (χ2v) is 5.45. The average Bonchev–Trinajstić information content (AvgIpc) is 2.73. The standard InChI is InChI=1S/C13H14N2O2S/c1-9-6-7-11(18-9)8-14-12-4-3-5-13(10(12)2)15(16)17/h3-7,14H,8H2,1-2H3. The highest BCUT2D eigenvalue weighted by atomic mass is 32.1. The van der Waals surface area contributed by atoms with Crippen molar-refractivity contribution in [2.45, 2.75) is 20.4 Å². The van der Waals surface area contributed by atoms with Crippen molar-refractivity contribution in [2.75, 3.05) is 5.32 Å². The third-order valence-electron chi connectivity index (χ3n) is 2.75. The van der Waals surface area contributed by atoms with Crippen LogP contribution < -0.4 is 5.32 Å². The maximum Gasteiger partial charge on any atom is 0.274 e. The molecule has 0 saturated heterocycles. The van der Waals surface area contributed by atoms with E-state index in [2.05, 4.69) is 24.4 Å². The maximum atomic E-state index is 10.8. The number of nitro benzene ring substituents is 1. The van der Waals surface area contributed by atoms with Crippen LogP contribution in [0.25, 0.3) is 0 Å². The molecule has 18 heavy (non-hydrogen) atoms. The Kier molecular flexibility index (Phi) is 3.62. The highest BCUT2D eigenvalue weighted by Crippen LogP contribution is 2.26. The first-order valence-corrected chi connectivity index (χ1v) is 6.43. The van der Waals surface area contributed by atoms with Crippen LogP contribution in [0.5, 0.6) is 0 Å². The predicted molar refractivity (Wildman–Crippen MR) is 74.2 cm³/mol. The molecule has 1 aromatic heterocycles. The zero-order valence-electron chi connectivity index (χ0n) is 10.3. The number of hydrogen-bond acceptors (Lipinski definition) is 4. The van der Waals surface area contributed by atoms with Crippen molar-refractivity contribution < 1.29 is 4.92 Å². The molecule has 2 rings (SSSR count). The molecule has 0 unspecified atom stereocenters. The van der Waals surface area contributed by atoms with Crippen LogP contribution >= 0.6 is 11.3 Å². The topological polar surface area (TPSA) is 55.2 Å². The van der Waals surface area contributed by atoms with Crippen molar-refractivity contribution in [1.29, 1.82) is 0 Å². The van der Waals surface area contributed by atoms with E-state index >= 15 is 0 Å². The number of hydrogen-bond donors (Lipinski definition) is 1. The molecule has 0 spiro atoms. The summed E-state index contributed by atoms with van der Waals surface area (Å²) in [5, 5.41) is 14.1.